The molecular weight excluding hydrogens is 273 g/mol. The van der Waals surface area contributed by atoms with Gasteiger partial charge in [0.2, 0.25) is 0 Å². The van der Waals surface area contributed by atoms with Gasteiger partial charge in [-0.2, -0.15) is 0 Å². The highest BCUT2D eigenvalue weighted by atomic mass is 32.1. The van der Waals surface area contributed by atoms with Crippen LogP contribution < -0.4 is 10.6 Å². The Morgan fingerprint density at radius 1 is 1.15 bits per heavy atom. The first kappa shape index (κ1) is 12.1. The fourth-order valence-corrected chi connectivity index (χ4v) is 3.80. The zero-order valence-corrected chi connectivity index (χ0v) is 11.8. The lowest BCUT2D eigenvalue weighted by molar-refractivity contribution is 0.184. The smallest absolute Gasteiger partial charge is 0.172 e. The van der Waals surface area contributed by atoms with Crippen molar-refractivity contribution in [1.82, 2.24) is 15.5 Å². The molecule has 104 valence electrons. The van der Waals surface area contributed by atoms with Gasteiger partial charge >= 0.3 is 0 Å². The Bertz CT molecular complexity index is 588. The van der Waals surface area contributed by atoms with E-state index in [1.54, 1.807) is 0 Å². The van der Waals surface area contributed by atoms with Crippen molar-refractivity contribution in [3.05, 3.63) is 47.0 Å². The quantitative estimate of drug-likeness (QED) is 0.776. The van der Waals surface area contributed by atoms with Gasteiger partial charge in [0.15, 0.2) is 5.11 Å². The Hall–Kier alpha value is -1.62. The fraction of sp³-hybridized carbons (Fsp3) is 0.400. The van der Waals surface area contributed by atoms with Crippen molar-refractivity contribution in [2.45, 2.75) is 18.9 Å². The number of fused-ring (bicyclic) bond motifs is 2. The van der Waals surface area contributed by atoms with Gasteiger partial charge in [-0.3, -0.25) is 0 Å². The summed E-state index contributed by atoms with van der Waals surface area (Å²) in [5.41, 5.74) is 2.47. The average molecular weight is 289 g/mol. The summed E-state index contributed by atoms with van der Waals surface area (Å²) in [6.45, 7) is 2.21. The molecule has 1 saturated heterocycles. The van der Waals surface area contributed by atoms with E-state index in [-0.39, 0.29) is 11.9 Å². The standard InChI is InChI=1S/C15H16FN3S/c16-11-3-1-10(2-4-11)13-12-9-5-7-19(8-6-9)14(12)18-15(20)17-13/h1-4,9,13H,5-8H2,(H2,17,18,20). The number of rotatable bonds is 1. The van der Waals surface area contributed by atoms with E-state index in [0.717, 1.165) is 18.7 Å². The van der Waals surface area contributed by atoms with E-state index in [1.807, 2.05) is 12.1 Å². The van der Waals surface area contributed by atoms with Crippen molar-refractivity contribution in [3.63, 3.8) is 0 Å². The van der Waals surface area contributed by atoms with Crippen molar-refractivity contribution < 1.29 is 4.39 Å². The Kier molecular flexibility index (Phi) is 2.70. The lowest BCUT2D eigenvalue weighted by Crippen LogP contribution is -2.55. The Balaban J connectivity index is 1.80. The van der Waals surface area contributed by atoms with Crippen molar-refractivity contribution >= 4 is 17.3 Å². The van der Waals surface area contributed by atoms with Crippen molar-refractivity contribution in [2.24, 2.45) is 5.92 Å². The third-order valence-corrected chi connectivity index (χ3v) is 4.77. The highest BCUT2D eigenvalue weighted by molar-refractivity contribution is 7.80. The molecule has 0 aliphatic carbocycles. The van der Waals surface area contributed by atoms with Gasteiger partial charge in [0.25, 0.3) is 0 Å². The molecule has 1 fully saturated rings. The monoisotopic (exact) mass is 289 g/mol. The summed E-state index contributed by atoms with van der Waals surface area (Å²) in [5, 5.41) is 7.32. The molecule has 4 heterocycles. The van der Waals surface area contributed by atoms with E-state index in [1.165, 1.54) is 36.4 Å². The molecule has 4 aliphatic rings. The highest BCUT2D eigenvalue weighted by Crippen LogP contribution is 2.42. The van der Waals surface area contributed by atoms with Crippen LogP contribution in [0.25, 0.3) is 0 Å². The van der Waals surface area contributed by atoms with Crippen LogP contribution >= 0.6 is 12.2 Å². The molecule has 5 rings (SSSR count). The van der Waals surface area contributed by atoms with Crippen LogP contribution in [0.15, 0.2) is 35.7 Å². The Labute approximate surface area is 122 Å². The van der Waals surface area contributed by atoms with Gasteiger partial charge in [-0.1, -0.05) is 12.1 Å². The topological polar surface area (TPSA) is 27.3 Å². The number of piperidine rings is 1. The van der Waals surface area contributed by atoms with Gasteiger partial charge in [-0.25, -0.2) is 4.39 Å². The van der Waals surface area contributed by atoms with E-state index in [4.69, 9.17) is 12.2 Å². The van der Waals surface area contributed by atoms with E-state index < -0.39 is 0 Å². The van der Waals surface area contributed by atoms with E-state index in [2.05, 4.69) is 15.5 Å². The number of benzene rings is 1. The second-order valence-electron chi connectivity index (χ2n) is 5.65. The number of halogens is 1. The number of nitrogens with zero attached hydrogens (tertiary/aromatic N) is 1. The Morgan fingerprint density at radius 3 is 2.55 bits per heavy atom. The minimum Gasteiger partial charge on any atom is -0.358 e. The SMILES string of the molecule is Fc1ccc(C2NC(=S)NC3=C2C2CCN3CC2)cc1. The molecule has 2 N–H and O–H groups in total. The van der Waals surface area contributed by atoms with E-state index in [9.17, 15) is 4.39 Å². The molecular formula is C15H16FN3S. The molecule has 1 unspecified atom stereocenters. The van der Waals surface area contributed by atoms with Crippen LogP contribution in [-0.2, 0) is 0 Å². The molecule has 1 aromatic rings. The van der Waals surface area contributed by atoms with Crippen LogP contribution in [0.1, 0.15) is 24.4 Å². The maximum Gasteiger partial charge on any atom is 0.172 e. The molecule has 0 spiro atoms. The molecule has 0 amide bonds. The normalized spacial score (nSPS) is 25.4. The zero-order valence-electron chi connectivity index (χ0n) is 11.0. The molecule has 1 aromatic carbocycles. The molecule has 3 nitrogen and oxygen atoms in total. The molecule has 1 atom stereocenters. The first-order valence-electron chi connectivity index (χ1n) is 7.04. The Morgan fingerprint density at radius 2 is 1.85 bits per heavy atom. The minimum absolute atomic E-state index is 0.0763. The molecule has 0 saturated carbocycles. The second-order valence-corrected chi connectivity index (χ2v) is 6.06. The second kappa shape index (κ2) is 4.45. The maximum atomic E-state index is 13.1. The van der Waals surface area contributed by atoms with Crippen molar-refractivity contribution in [2.75, 3.05) is 13.1 Å². The molecule has 0 aromatic heterocycles. The first-order valence-corrected chi connectivity index (χ1v) is 7.45. The zero-order chi connectivity index (χ0) is 13.7. The van der Waals surface area contributed by atoms with Crippen LogP contribution in [0, 0.1) is 11.7 Å². The summed E-state index contributed by atoms with van der Waals surface area (Å²) in [6, 6.07) is 6.81. The molecule has 2 bridgehead atoms. The average Bonchev–Trinajstić information content (AvgIpc) is 2.48. The van der Waals surface area contributed by atoms with Crippen LogP contribution in [0.3, 0.4) is 0 Å². The number of hydrogen-bond acceptors (Lipinski definition) is 2. The van der Waals surface area contributed by atoms with Gasteiger partial charge in [-0.15, -0.1) is 0 Å². The van der Waals surface area contributed by atoms with Gasteiger partial charge in [0.05, 0.1) is 6.04 Å². The minimum atomic E-state index is -0.201. The van der Waals surface area contributed by atoms with Gasteiger partial charge < -0.3 is 15.5 Å². The van der Waals surface area contributed by atoms with E-state index >= 15 is 0 Å². The lowest BCUT2D eigenvalue weighted by Gasteiger charge is -2.48. The van der Waals surface area contributed by atoms with E-state index in [0.29, 0.717) is 11.0 Å². The van der Waals surface area contributed by atoms with Crippen LogP contribution in [0.4, 0.5) is 4.39 Å². The molecule has 20 heavy (non-hydrogen) atoms. The summed E-state index contributed by atoms with van der Waals surface area (Å²) in [5.74, 6) is 1.59. The van der Waals surface area contributed by atoms with Crippen molar-refractivity contribution in [3.8, 4) is 0 Å². The summed E-state index contributed by atoms with van der Waals surface area (Å²) in [4.78, 5) is 2.39. The van der Waals surface area contributed by atoms with Crippen LogP contribution in [-0.4, -0.2) is 23.1 Å². The van der Waals surface area contributed by atoms with Crippen LogP contribution in [0.2, 0.25) is 0 Å². The maximum absolute atomic E-state index is 13.1. The van der Waals surface area contributed by atoms with Gasteiger partial charge in [0, 0.05) is 18.7 Å². The third-order valence-electron chi connectivity index (χ3n) is 4.55. The molecule has 5 heteroatoms. The largest absolute Gasteiger partial charge is 0.358 e. The third kappa shape index (κ3) is 1.80. The van der Waals surface area contributed by atoms with Gasteiger partial charge in [0.1, 0.15) is 11.6 Å². The first-order chi connectivity index (χ1) is 9.72. The summed E-state index contributed by atoms with van der Waals surface area (Å²) >= 11 is 5.34. The number of thiocarbonyl (C=S) groups is 1. The van der Waals surface area contributed by atoms with Crippen molar-refractivity contribution in [1.29, 1.82) is 0 Å². The highest BCUT2D eigenvalue weighted by Gasteiger charge is 2.40. The fourth-order valence-electron chi connectivity index (χ4n) is 3.58. The van der Waals surface area contributed by atoms with Gasteiger partial charge in [-0.05, 0) is 48.7 Å². The predicted molar refractivity (Wildman–Crippen MR) is 79.3 cm³/mol. The molecule has 4 aliphatic heterocycles. The van der Waals surface area contributed by atoms with Crippen LogP contribution in [0.5, 0.6) is 0 Å². The predicted octanol–water partition coefficient (Wildman–Crippen LogP) is 2.28. The summed E-state index contributed by atoms with van der Waals surface area (Å²) in [7, 11) is 0. The lowest BCUT2D eigenvalue weighted by atomic mass is 9.78. The summed E-state index contributed by atoms with van der Waals surface area (Å²) < 4.78 is 13.1. The number of hydrogen-bond donors (Lipinski definition) is 2. The molecule has 0 radical (unpaired) electrons. The summed E-state index contributed by atoms with van der Waals surface area (Å²) in [6.07, 6.45) is 2.40. The number of nitrogens with one attached hydrogen (secondary N) is 2.